The summed E-state index contributed by atoms with van der Waals surface area (Å²) in [6, 6.07) is 9.34. The fraction of sp³-hybridized carbons (Fsp3) is 0.524. The standard InChI is InChI=1S/C21H28N4O3S/c1-16-13-24-14-19(7-8-20(24)22-16)23-21(26)18-9-11-25(12-10-18)29(27,28)15-17-5-3-2-4-6-17/h2-6,13,18-19H,7-12,14-15H2,1H3,(H,23,26). The SMILES string of the molecule is Cc1cn2c(n1)CCC(NC(=O)C1CCN(S(=O)(=O)Cc3ccccc3)CC1)C2. The first kappa shape index (κ1) is 20.1. The van der Waals surface area contributed by atoms with Gasteiger partial charge in [0.2, 0.25) is 15.9 Å². The van der Waals surface area contributed by atoms with Crippen molar-refractivity contribution in [2.45, 2.75) is 50.9 Å². The summed E-state index contributed by atoms with van der Waals surface area (Å²) in [5.41, 5.74) is 1.80. The summed E-state index contributed by atoms with van der Waals surface area (Å²) in [5.74, 6) is 1.03. The van der Waals surface area contributed by atoms with E-state index in [9.17, 15) is 13.2 Å². The van der Waals surface area contributed by atoms with Crippen LogP contribution in [0.1, 0.15) is 36.3 Å². The summed E-state index contributed by atoms with van der Waals surface area (Å²) in [6.07, 6.45) is 4.94. The van der Waals surface area contributed by atoms with E-state index in [1.807, 2.05) is 43.5 Å². The number of rotatable bonds is 5. The number of aromatic nitrogens is 2. The molecule has 1 fully saturated rings. The monoisotopic (exact) mass is 416 g/mol. The number of amides is 1. The van der Waals surface area contributed by atoms with Gasteiger partial charge in [-0.05, 0) is 31.7 Å². The van der Waals surface area contributed by atoms with Crippen molar-refractivity contribution in [1.29, 1.82) is 0 Å². The fourth-order valence-electron chi connectivity index (χ4n) is 4.30. The molecule has 7 nitrogen and oxygen atoms in total. The number of nitrogens with one attached hydrogen (secondary N) is 1. The Kier molecular flexibility index (Phi) is 5.74. The highest BCUT2D eigenvalue weighted by Crippen LogP contribution is 2.23. The molecule has 1 saturated heterocycles. The smallest absolute Gasteiger partial charge is 0.223 e. The van der Waals surface area contributed by atoms with Crippen LogP contribution >= 0.6 is 0 Å². The number of imidazole rings is 1. The third-order valence-electron chi connectivity index (χ3n) is 5.87. The first-order valence-electron chi connectivity index (χ1n) is 10.3. The minimum absolute atomic E-state index is 0.0133. The third kappa shape index (κ3) is 4.70. The van der Waals surface area contributed by atoms with Crippen LogP contribution in [-0.4, -0.2) is 47.3 Å². The Morgan fingerprint density at radius 3 is 2.62 bits per heavy atom. The lowest BCUT2D eigenvalue weighted by Gasteiger charge is -2.32. The summed E-state index contributed by atoms with van der Waals surface area (Å²) >= 11 is 0. The molecule has 0 saturated carbocycles. The summed E-state index contributed by atoms with van der Waals surface area (Å²) in [7, 11) is -3.35. The van der Waals surface area contributed by atoms with E-state index in [1.165, 1.54) is 4.31 Å². The molecule has 2 aromatic rings. The van der Waals surface area contributed by atoms with Gasteiger partial charge in [0.15, 0.2) is 0 Å². The van der Waals surface area contributed by atoms with E-state index < -0.39 is 10.0 Å². The van der Waals surface area contributed by atoms with Crippen LogP contribution in [0.15, 0.2) is 36.5 Å². The number of hydrogen-bond acceptors (Lipinski definition) is 4. The van der Waals surface area contributed by atoms with Crippen LogP contribution in [0.2, 0.25) is 0 Å². The van der Waals surface area contributed by atoms with E-state index in [0.717, 1.165) is 36.5 Å². The van der Waals surface area contributed by atoms with Crippen LogP contribution in [-0.2, 0) is 33.5 Å². The van der Waals surface area contributed by atoms with Gasteiger partial charge >= 0.3 is 0 Å². The minimum Gasteiger partial charge on any atom is -0.351 e. The maximum absolute atomic E-state index is 12.7. The van der Waals surface area contributed by atoms with Crippen LogP contribution in [0.25, 0.3) is 0 Å². The molecular weight excluding hydrogens is 388 g/mol. The van der Waals surface area contributed by atoms with E-state index in [2.05, 4.69) is 14.9 Å². The molecule has 1 aromatic carbocycles. The number of sulfonamides is 1. The first-order chi connectivity index (χ1) is 13.9. The molecule has 3 heterocycles. The molecule has 1 amide bonds. The van der Waals surface area contributed by atoms with Crippen molar-refractivity contribution in [2.75, 3.05) is 13.1 Å². The molecule has 156 valence electrons. The Morgan fingerprint density at radius 2 is 1.90 bits per heavy atom. The van der Waals surface area contributed by atoms with Gasteiger partial charge in [-0.3, -0.25) is 4.79 Å². The van der Waals surface area contributed by atoms with Gasteiger partial charge in [-0.25, -0.2) is 17.7 Å². The molecule has 1 N–H and O–H groups in total. The lowest BCUT2D eigenvalue weighted by Crippen LogP contribution is -2.47. The predicted octanol–water partition coefficient (Wildman–Crippen LogP) is 1.86. The molecule has 8 heteroatoms. The normalized spacial score (nSPS) is 20.9. The Balaban J connectivity index is 1.28. The highest BCUT2D eigenvalue weighted by atomic mass is 32.2. The number of aryl methyl sites for hydroxylation is 2. The molecule has 1 unspecified atom stereocenters. The lowest BCUT2D eigenvalue weighted by atomic mass is 9.96. The molecule has 1 atom stereocenters. The molecule has 0 spiro atoms. The van der Waals surface area contributed by atoms with Gasteiger partial charge in [0.05, 0.1) is 11.4 Å². The molecule has 1 aromatic heterocycles. The van der Waals surface area contributed by atoms with Crippen molar-refractivity contribution in [2.24, 2.45) is 5.92 Å². The third-order valence-corrected chi connectivity index (χ3v) is 7.72. The Hall–Kier alpha value is -2.19. The van der Waals surface area contributed by atoms with E-state index in [1.54, 1.807) is 0 Å². The van der Waals surface area contributed by atoms with Crippen LogP contribution < -0.4 is 5.32 Å². The van der Waals surface area contributed by atoms with Crippen molar-refractivity contribution in [3.05, 3.63) is 53.6 Å². The second-order valence-corrected chi connectivity index (χ2v) is 10.1. The van der Waals surface area contributed by atoms with Gasteiger partial charge in [-0.1, -0.05) is 30.3 Å². The quantitative estimate of drug-likeness (QED) is 0.806. The maximum atomic E-state index is 12.7. The van der Waals surface area contributed by atoms with Gasteiger partial charge in [-0.2, -0.15) is 0 Å². The molecule has 0 radical (unpaired) electrons. The van der Waals surface area contributed by atoms with Crippen molar-refractivity contribution in [3.63, 3.8) is 0 Å². The number of carbonyl (C=O) groups is 1. The zero-order valence-corrected chi connectivity index (χ0v) is 17.6. The van der Waals surface area contributed by atoms with Gasteiger partial charge in [0.1, 0.15) is 5.82 Å². The summed E-state index contributed by atoms with van der Waals surface area (Å²) in [4.78, 5) is 17.2. The zero-order chi connectivity index (χ0) is 20.4. The molecule has 29 heavy (non-hydrogen) atoms. The molecule has 2 aliphatic rings. The summed E-state index contributed by atoms with van der Waals surface area (Å²) in [5, 5.41) is 3.18. The van der Waals surface area contributed by atoms with E-state index in [-0.39, 0.29) is 23.6 Å². The molecule has 0 bridgehead atoms. The van der Waals surface area contributed by atoms with Crippen LogP contribution in [0.4, 0.5) is 0 Å². The molecule has 0 aliphatic carbocycles. The highest BCUT2D eigenvalue weighted by molar-refractivity contribution is 7.88. The van der Waals surface area contributed by atoms with Crippen molar-refractivity contribution < 1.29 is 13.2 Å². The number of fused-ring (bicyclic) bond motifs is 1. The molecule has 4 rings (SSSR count). The Morgan fingerprint density at radius 1 is 1.17 bits per heavy atom. The first-order valence-corrected chi connectivity index (χ1v) is 11.9. The van der Waals surface area contributed by atoms with Crippen LogP contribution in [0.3, 0.4) is 0 Å². The lowest BCUT2D eigenvalue weighted by molar-refractivity contribution is -0.127. The highest BCUT2D eigenvalue weighted by Gasteiger charge is 2.32. The van der Waals surface area contributed by atoms with Crippen molar-refractivity contribution in [3.8, 4) is 0 Å². The van der Waals surface area contributed by atoms with E-state index >= 15 is 0 Å². The van der Waals surface area contributed by atoms with E-state index in [4.69, 9.17) is 0 Å². The van der Waals surface area contributed by atoms with Gasteiger partial charge in [0.25, 0.3) is 0 Å². The Bertz CT molecular complexity index is 963. The second kappa shape index (κ2) is 8.28. The van der Waals surface area contributed by atoms with Crippen LogP contribution in [0.5, 0.6) is 0 Å². The van der Waals surface area contributed by atoms with Crippen molar-refractivity contribution in [1.82, 2.24) is 19.2 Å². The molecule has 2 aliphatic heterocycles. The summed E-state index contributed by atoms with van der Waals surface area (Å²) in [6.45, 7) is 3.55. The number of benzene rings is 1. The minimum atomic E-state index is -3.35. The van der Waals surface area contributed by atoms with Crippen molar-refractivity contribution >= 4 is 15.9 Å². The average Bonchev–Trinajstić information content (AvgIpc) is 3.08. The van der Waals surface area contributed by atoms with E-state index in [0.29, 0.717) is 25.9 Å². The zero-order valence-electron chi connectivity index (χ0n) is 16.8. The molecular formula is C21H28N4O3S. The maximum Gasteiger partial charge on any atom is 0.223 e. The number of carbonyl (C=O) groups excluding carboxylic acids is 1. The number of nitrogens with zero attached hydrogens (tertiary/aromatic N) is 3. The topological polar surface area (TPSA) is 84.3 Å². The van der Waals surface area contributed by atoms with Gasteiger partial charge in [0, 0.05) is 44.2 Å². The predicted molar refractivity (Wildman–Crippen MR) is 111 cm³/mol. The van der Waals surface area contributed by atoms with Gasteiger partial charge in [-0.15, -0.1) is 0 Å². The second-order valence-electron chi connectivity index (χ2n) is 8.11. The number of hydrogen-bond donors (Lipinski definition) is 1. The fourth-order valence-corrected chi connectivity index (χ4v) is 5.86. The number of piperidine rings is 1. The largest absolute Gasteiger partial charge is 0.351 e. The Labute approximate surface area is 172 Å². The summed E-state index contributed by atoms with van der Waals surface area (Å²) < 4.78 is 29.0. The van der Waals surface area contributed by atoms with Gasteiger partial charge < -0.3 is 9.88 Å². The average molecular weight is 417 g/mol. The van der Waals surface area contributed by atoms with Crippen LogP contribution in [0, 0.1) is 12.8 Å².